The molecule has 0 fully saturated rings. The molecule has 0 saturated heterocycles. The standard InChI is InChI=1S/C8H8.C5H8O3.C5H8O2/c1-2-8-6-4-3-5-7-8;1-2-5(7)8-4-3-6;1-4(2)5(6)7-3/h2-7H,1H2;2,6H,1,3-4H2;1H2,2-3H3. The summed E-state index contributed by atoms with van der Waals surface area (Å²) in [4.78, 5) is 20.3. The molecule has 0 bridgehead atoms. The molecular weight excluding hydrogens is 296 g/mol. The zero-order valence-corrected chi connectivity index (χ0v) is 13.7. The van der Waals surface area contributed by atoms with E-state index in [9.17, 15) is 9.59 Å². The first kappa shape index (κ1) is 22.6. The van der Waals surface area contributed by atoms with Crippen molar-refractivity contribution in [3.63, 3.8) is 0 Å². The van der Waals surface area contributed by atoms with Crippen LogP contribution in [0.1, 0.15) is 12.5 Å². The third kappa shape index (κ3) is 15.5. The van der Waals surface area contributed by atoms with Crippen molar-refractivity contribution in [3.05, 3.63) is 67.3 Å². The summed E-state index contributed by atoms with van der Waals surface area (Å²) < 4.78 is 8.61. The number of hydrogen-bond donors (Lipinski definition) is 1. The van der Waals surface area contributed by atoms with Crippen LogP contribution in [0.15, 0.2) is 61.7 Å². The number of ether oxygens (including phenoxy) is 2. The molecule has 0 aliphatic heterocycles. The lowest BCUT2D eigenvalue weighted by Gasteiger charge is -1.94. The van der Waals surface area contributed by atoms with E-state index in [1.54, 1.807) is 6.92 Å². The Morgan fingerprint density at radius 3 is 2.04 bits per heavy atom. The van der Waals surface area contributed by atoms with Crippen molar-refractivity contribution in [2.24, 2.45) is 0 Å². The van der Waals surface area contributed by atoms with Gasteiger partial charge in [-0.2, -0.15) is 0 Å². The zero-order chi connectivity index (χ0) is 18.1. The number of esters is 2. The lowest BCUT2D eigenvalue weighted by molar-refractivity contribution is -0.138. The highest BCUT2D eigenvalue weighted by molar-refractivity contribution is 5.86. The van der Waals surface area contributed by atoms with Crippen LogP contribution in [0.2, 0.25) is 0 Å². The molecule has 5 heteroatoms. The third-order valence-electron chi connectivity index (χ3n) is 2.07. The van der Waals surface area contributed by atoms with Crippen LogP contribution in [0.3, 0.4) is 0 Å². The Kier molecular flexibility index (Phi) is 15.5. The number of aliphatic hydroxyl groups is 1. The first-order valence-electron chi connectivity index (χ1n) is 6.74. The highest BCUT2D eigenvalue weighted by Crippen LogP contribution is 1.97. The van der Waals surface area contributed by atoms with Crippen LogP contribution in [0.4, 0.5) is 0 Å². The summed E-state index contributed by atoms with van der Waals surface area (Å²) in [5.74, 6) is -0.848. The first-order valence-corrected chi connectivity index (χ1v) is 6.74. The van der Waals surface area contributed by atoms with E-state index in [0.717, 1.165) is 6.08 Å². The molecular formula is C18H24O5. The van der Waals surface area contributed by atoms with E-state index in [1.165, 1.54) is 12.7 Å². The molecule has 0 aliphatic rings. The second-order valence-corrected chi connectivity index (χ2v) is 3.98. The number of carbonyl (C=O) groups is 2. The molecule has 1 aromatic rings. The number of methoxy groups -OCH3 is 1. The topological polar surface area (TPSA) is 72.8 Å². The van der Waals surface area contributed by atoms with Gasteiger partial charge in [0.05, 0.1) is 13.7 Å². The minimum Gasteiger partial charge on any atom is -0.466 e. The molecule has 0 aromatic heterocycles. The molecule has 23 heavy (non-hydrogen) atoms. The van der Waals surface area contributed by atoms with Crippen LogP contribution < -0.4 is 0 Å². The fraction of sp³-hybridized carbons (Fsp3) is 0.222. The average molecular weight is 320 g/mol. The van der Waals surface area contributed by atoms with Gasteiger partial charge in [0.1, 0.15) is 6.61 Å². The minimum absolute atomic E-state index is 0.0465. The Bertz CT molecular complexity index is 491. The first-order chi connectivity index (χ1) is 10.9. The van der Waals surface area contributed by atoms with Crippen LogP contribution in [-0.4, -0.2) is 37.4 Å². The number of carbonyl (C=O) groups excluding carboxylic acids is 2. The zero-order valence-electron chi connectivity index (χ0n) is 13.7. The maximum atomic E-state index is 10.2. The van der Waals surface area contributed by atoms with Crippen LogP contribution in [-0.2, 0) is 19.1 Å². The summed E-state index contributed by atoms with van der Waals surface area (Å²) in [6.07, 6.45) is 2.88. The highest BCUT2D eigenvalue weighted by atomic mass is 16.5. The fourth-order valence-corrected chi connectivity index (χ4v) is 0.969. The van der Waals surface area contributed by atoms with E-state index in [-0.39, 0.29) is 19.2 Å². The normalized spacial score (nSPS) is 8.13. The molecule has 0 unspecified atom stereocenters. The average Bonchev–Trinajstić information content (AvgIpc) is 2.60. The monoisotopic (exact) mass is 320 g/mol. The van der Waals surface area contributed by atoms with Crippen molar-refractivity contribution in [1.29, 1.82) is 0 Å². The van der Waals surface area contributed by atoms with E-state index in [1.807, 2.05) is 36.4 Å². The SMILES string of the molecule is C=C(C)C(=O)OC.C=CC(=O)OCCO.C=Cc1ccccc1. The van der Waals surface area contributed by atoms with Gasteiger partial charge in [-0.1, -0.05) is 56.1 Å². The van der Waals surface area contributed by atoms with Gasteiger partial charge >= 0.3 is 11.9 Å². The summed E-state index contributed by atoms with van der Waals surface area (Å²) in [6.45, 7) is 11.6. The molecule has 0 atom stereocenters. The number of aliphatic hydroxyl groups excluding tert-OH is 1. The molecule has 0 spiro atoms. The van der Waals surface area contributed by atoms with Crippen molar-refractivity contribution in [3.8, 4) is 0 Å². The van der Waals surface area contributed by atoms with Crippen LogP contribution >= 0.6 is 0 Å². The van der Waals surface area contributed by atoms with Gasteiger partial charge in [0, 0.05) is 11.6 Å². The Morgan fingerprint density at radius 2 is 1.78 bits per heavy atom. The van der Waals surface area contributed by atoms with Crippen LogP contribution in [0.5, 0.6) is 0 Å². The Hall–Kier alpha value is -2.66. The predicted molar refractivity (Wildman–Crippen MR) is 91.6 cm³/mol. The van der Waals surface area contributed by atoms with Crippen molar-refractivity contribution in [2.45, 2.75) is 6.92 Å². The Labute approximate surface area is 137 Å². The van der Waals surface area contributed by atoms with E-state index in [4.69, 9.17) is 5.11 Å². The molecule has 0 heterocycles. The maximum absolute atomic E-state index is 10.2. The van der Waals surface area contributed by atoms with Crippen molar-refractivity contribution < 1.29 is 24.2 Å². The van der Waals surface area contributed by atoms with Crippen LogP contribution in [0, 0.1) is 0 Å². The van der Waals surface area contributed by atoms with E-state index in [2.05, 4.69) is 29.2 Å². The van der Waals surface area contributed by atoms with Gasteiger partial charge in [0.25, 0.3) is 0 Å². The molecule has 0 aliphatic carbocycles. The highest BCUT2D eigenvalue weighted by Gasteiger charge is 1.95. The van der Waals surface area contributed by atoms with E-state index in [0.29, 0.717) is 5.57 Å². The molecule has 0 amide bonds. The summed E-state index contributed by atoms with van der Waals surface area (Å²) >= 11 is 0. The fourth-order valence-electron chi connectivity index (χ4n) is 0.969. The largest absolute Gasteiger partial charge is 0.466 e. The summed E-state index contributed by atoms with van der Waals surface area (Å²) in [5.41, 5.74) is 1.61. The van der Waals surface area contributed by atoms with Gasteiger partial charge in [-0.3, -0.25) is 0 Å². The molecule has 5 nitrogen and oxygen atoms in total. The lowest BCUT2D eigenvalue weighted by Crippen LogP contribution is -2.04. The van der Waals surface area contributed by atoms with Crippen molar-refractivity contribution in [2.75, 3.05) is 20.3 Å². The van der Waals surface area contributed by atoms with Crippen molar-refractivity contribution in [1.82, 2.24) is 0 Å². The van der Waals surface area contributed by atoms with Crippen LogP contribution in [0.25, 0.3) is 6.08 Å². The van der Waals surface area contributed by atoms with Gasteiger partial charge in [0.15, 0.2) is 0 Å². The predicted octanol–water partition coefficient (Wildman–Crippen LogP) is 2.77. The number of benzene rings is 1. The minimum atomic E-state index is -0.501. The molecule has 1 rings (SSSR count). The van der Waals surface area contributed by atoms with Gasteiger partial charge in [0.2, 0.25) is 0 Å². The molecule has 1 aromatic carbocycles. The van der Waals surface area contributed by atoms with Gasteiger partial charge in [-0.05, 0) is 12.5 Å². The molecule has 0 saturated carbocycles. The maximum Gasteiger partial charge on any atom is 0.332 e. The van der Waals surface area contributed by atoms with E-state index < -0.39 is 5.97 Å². The summed E-state index contributed by atoms with van der Waals surface area (Å²) in [7, 11) is 1.33. The number of hydrogen-bond acceptors (Lipinski definition) is 5. The Morgan fingerprint density at radius 1 is 1.22 bits per heavy atom. The lowest BCUT2D eigenvalue weighted by atomic mass is 10.2. The third-order valence-corrected chi connectivity index (χ3v) is 2.07. The van der Waals surface area contributed by atoms with Crippen molar-refractivity contribution >= 4 is 18.0 Å². The quantitative estimate of drug-likeness (QED) is 0.667. The second-order valence-electron chi connectivity index (χ2n) is 3.98. The summed E-state index contributed by atoms with van der Waals surface area (Å²) in [5, 5.41) is 8.10. The smallest absolute Gasteiger partial charge is 0.332 e. The molecule has 126 valence electrons. The molecule has 0 radical (unpaired) electrons. The van der Waals surface area contributed by atoms with Gasteiger partial charge in [-0.25, -0.2) is 9.59 Å². The second kappa shape index (κ2) is 15.7. The summed E-state index contributed by atoms with van der Waals surface area (Å²) in [6, 6.07) is 10.0. The molecule has 1 N–H and O–H groups in total. The Balaban J connectivity index is 0. The van der Waals surface area contributed by atoms with Gasteiger partial charge in [-0.15, -0.1) is 0 Å². The van der Waals surface area contributed by atoms with E-state index >= 15 is 0 Å². The number of rotatable bonds is 5. The van der Waals surface area contributed by atoms with Gasteiger partial charge < -0.3 is 14.6 Å².